The fourth-order valence-electron chi connectivity index (χ4n) is 3.17. The number of hydrogen-bond donors (Lipinski definition) is 0. The van der Waals surface area contributed by atoms with Crippen molar-refractivity contribution in [2.24, 2.45) is 0 Å². The first kappa shape index (κ1) is 14.2. The molecule has 1 aliphatic rings. The van der Waals surface area contributed by atoms with Gasteiger partial charge >= 0.3 is 0 Å². The van der Waals surface area contributed by atoms with Crippen LogP contribution in [0.4, 0.5) is 0 Å². The Morgan fingerprint density at radius 1 is 1.18 bits per heavy atom. The van der Waals surface area contributed by atoms with Crippen molar-refractivity contribution in [2.75, 3.05) is 19.6 Å². The lowest BCUT2D eigenvalue weighted by Gasteiger charge is -2.16. The lowest BCUT2D eigenvalue weighted by molar-refractivity contribution is 0.323. The third-order valence-corrected chi connectivity index (χ3v) is 5.58. The smallest absolute Gasteiger partial charge is 0.288 e. The molecule has 3 aromatic rings. The zero-order valence-corrected chi connectivity index (χ0v) is 13.7. The SMILES string of the molecule is O=c1c(Cl)nc2sc3ccccc3c2n1CCN1CCCC1. The standard InChI is InChI=1S/C16H16ClN3OS/c17-14-16(21)20(10-9-19-7-3-4-8-19)13-11-5-1-2-6-12(11)22-15(13)18-14/h1-2,5-6H,3-4,7-10H2. The van der Waals surface area contributed by atoms with E-state index in [1.165, 1.54) is 12.8 Å². The molecule has 0 saturated carbocycles. The molecular formula is C16H16ClN3OS. The number of aromatic nitrogens is 2. The lowest BCUT2D eigenvalue weighted by Crippen LogP contribution is -2.30. The number of likely N-dealkylation sites (tertiary alicyclic amines) is 1. The maximum atomic E-state index is 12.5. The predicted octanol–water partition coefficient (Wildman–Crippen LogP) is 3.36. The van der Waals surface area contributed by atoms with Crippen molar-refractivity contribution in [1.29, 1.82) is 0 Å². The molecule has 1 aromatic carbocycles. The molecule has 4 rings (SSSR count). The van der Waals surface area contributed by atoms with Crippen molar-refractivity contribution in [2.45, 2.75) is 19.4 Å². The minimum atomic E-state index is -0.183. The molecule has 4 nitrogen and oxygen atoms in total. The molecule has 0 atom stereocenters. The Bertz CT molecular complexity index is 895. The molecule has 0 N–H and O–H groups in total. The lowest BCUT2D eigenvalue weighted by atomic mass is 10.2. The Hall–Kier alpha value is -1.43. The summed E-state index contributed by atoms with van der Waals surface area (Å²) >= 11 is 7.65. The minimum absolute atomic E-state index is 0.0699. The van der Waals surface area contributed by atoms with Crippen molar-refractivity contribution < 1.29 is 0 Å². The van der Waals surface area contributed by atoms with E-state index in [1.807, 2.05) is 16.7 Å². The summed E-state index contributed by atoms with van der Waals surface area (Å²) in [6, 6.07) is 8.12. The maximum Gasteiger partial charge on any atom is 0.288 e. The molecule has 0 radical (unpaired) electrons. The van der Waals surface area contributed by atoms with Gasteiger partial charge < -0.3 is 9.47 Å². The predicted molar refractivity (Wildman–Crippen MR) is 92.1 cm³/mol. The number of thiophene rings is 1. The van der Waals surface area contributed by atoms with Gasteiger partial charge in [0, 0.05) is 23.2 Å². The van der Waals surface area contributed by atoms with Crippen LogP contribution >= 0.6 is 22.9 Å². The van der Waals surface area contributed by atoms with E-state index in [0.29, 0.717) is 6.54 Å². The van der Waals surface area contributed by atoms with Crippen LogP contribution in [0.5, 0.6) is 0 Å². The zero-order chi connectivity index (χ0) is 15.1. The number of hydrogen-bond acceptors (Lipinski definition) is 4. The molecule has 22 heavy (non-hydrogen) atoms. The van der Waals surface area contributed by atoms with Gasteiger partial charge in [-0.05, 0) is 32.0 Å². The van der Waals surface area contributed by atoms with E-state index in [9.17, 15) is 4.79 Å². The topological polar surface area (TPSA) is 38.1 Å². The summed E-state index contributed by atoms with van der Waals surface area (Å²) in [6.45, 7) is 3.81. The fourth-order valence-corrected chi connectivity index (χ4v) is 4.49. The molecule has 1 saturated heterocycles. The highest BCUT2D eigenvalue weighted by atomic mass is 35.5. The van der Waals surface area contributed by atoms with E-state index >= 15 is 0 Å². The molecule has 0 amide bonds. The summed E-state index contributed by atoms with van der Waals surface area (Å²) in [5.74, 6) is 0. The maximum absolute atomic E-state index is 12.5. The van der Waals surface area contributed by atoms with Crippen molar-refractivity contribution in [3.63, 3.8) is 0 Å². The van der Waals surface area contributed by atoms with Crippen LogP contribution in [0.25, 0.3) is 20.4 Å². The second-order valence-corrected chi connectivity index (χ2v) is 7.05. The average Bonchev–Trinajstić information content (AvgIpc) is 3.15. The molecule has 114 valence electrons. The van der Waals surface area contributed by atoms with E-state index < -0.39 is 0 Å². The second-order valence-electron chi connectivity index (χ2n) is 5.66. The summed E-state index contributed by atoms with van der Waals surface area (Å²) in [6.07, 6.45) is 2.51. The van der Waals surface area contributed by atoms with Crippen LogP contribution in [-0.2, 0) is 6.54 Å². The largest absolute Gasteiger partial charge is 0.302 e. The number of nitrogens with zero attached hydrogens (tertiary/aromatic N) is 3. The highest BCUT2D eigenvalue weighted by Gasteiger charge is 2.17. The van der Waals surface area contributed by atoms with Gasteiger partial charge in [0.25, 0.3) is 5.56 Å². The number of fused-ring (bicyclic) bond motifs is 3. The van der Waals surface area contributed by atoms with Gasteiger partial charge in [-0.15, -0.1) is 11.3 Å². The van der Waals surface area contributed by atoms with Gasteiger partial charge in [0.05, 0.1) is 5.52 Å². The summed E-state index contributed by atoms with van der Waals surface area (Å²) in [4.78, 5) is 20.0. The Balaban J connectivity index is 1.86. The molecule has 0 aliphatic carbocycles. The molecule has 2 aromatic heterocycles. The van der Waals surface area contributed by atoms with Crippen LogP contribution in [0.15, 0.2) is 29.1 Å². The van der Waals surface area contributed by atoms with Crippen molar-refractivity contribution in [3.8, 4) is 0 Å². The Labute approximate surface area is 136 Å². The quantitative estimate of drug-likeness (QED) is 0.737. The van der Waals surface area contributed by atoms with E-state index in [4.69, 9.17) is 11.6 Å². The molecule has 0 unspecified atom stereocenters. The van der Waals surface area contributed by atoms with Crippen LogP contribution in [0.1, 0.15) is 12.8 Å². The highest BCUT2D eigenvalue weighted by Crippen LogP contribution is 2.32. The zero-order valence-electron chi connectivity index (χ0n) is 12.1. The molecule has 0 spiro atoms. The summed E-state index contributed by atoms with van der Waals surface area (Å²) in [7, 11) is 0. The van der Waals surface area contributed by atoms with Gasteiger partial charge in [0.1, 0.15) is 4.83 Å². The molecular weight excluding hydrogens is 318 g/mol. The third-order valence-electron chi connectivity index (χ3n) is 4.28. The highest BCUT2D eigenvalue weighted by molar-refractivity contribution is 7.25. The van der Waals surface area contributed by atoms with Gasteiger partial charge in [-0.3, -0.25) is 4.79 Å². The van der Waals surface area contributed by atoms with Gasteiger partial charge in [0.2, 0.25) is 0 Å². The number of benzene rings is 1. The third kappa shape index (κ3) is 2.33. The van der Waals surface area contributed by atoms with Crippen molar-refractivity contribution >= 4 is 43.4 Å². The van der Waals surface area contributed by atoms with Gasteiger partial charge in [-0.2, -0.15) is 0 Å². The first-order chi connectivity index (χ1) is 10.7. The van der Waals surface area contributed by atoms with Crippen molar-refractivity contribution in [3.05, 3.63) is 39.8 Å². The Morgan fingerprint density at radius 2 is 1.95 bits per heavy atom. The summed E-state index contributed by atoms with van der Waals surface area (Å²) in [5, 5.41) is 1.16. The van der Waals surface area contributed by atoms with Crippen LogP contribution in [-0.4, -0.2) is 34.1 Å². The fraction of sp³-hybridized carbons (Fsp3) is 0.375. The average molecular weight is 334 g/mol. The molecule has 3 heterocycles. The van der Waals surface area contributed by atoms with Crippen LogP contribution in [0.2, 0.25) is 5.15 Å². The Kier molecular flexibility index (Phi) is 3.64. The van der Waals surface area contributed by atoms with E-state index in [1.54, 1.807) is 11.3 Å². The Morgan fingerprint density at radius 3 is 2.77 bits per heavy atom. The van der Waals surface area contributed by atoms with E-state index in [0.717, 1.165) is 40.1 Å². The first-order valence-electron chi connectivity index (χ1n) is 7.54. The molecule has 0 bridgehead atoms. The van der Waals surface area contributed by atoms with Gasteiger partial charge in [-0.1, -0.05) is 29.8 Å². The summed E-state index contributed by atoms with van der Waals surface area (Å²) in [5.41, 5.74) is 0.742. The first-order valence-corrected chi connectivity index (χ1v) is 8.73. The number of rotatable bonds is 3. The van der Waals surface area contributed by atoms with E-state index in [2.05, 4.69) is 22.0 Å². The van der Waals surface area contributed by atoms with E-state index in [-0.39, 0.29) is 10.7 Å². The number of halogens is 1. The van der Waals surface area contributed by atoms with Crippen LogP contribution < -0.4 is 5.56 Å². The minimum Gasteiger partial charge on any atom is -0.302 e. The second kappa shape index (κ2) is 5.65. The van der Waals surface area contributed by atoms with Gasteiger partial charge in [0.15, 0.2) is 5.15 Å². The van der Waals surface area contributed by atoms with Gasteiger partial charge in [-0.25, -0.2) is 4.98 Å². The van der Waals surface area contributed by atoms with Crippen LogP contribution in [0, 0.1) is 0 Å². The normalized spacial score (nSPS) is 16.0. The van der Waals surface area contributed by atoms with Crippen molar-refractivity contribution in [1.82, 2.24) is 14.5 Å². The molecule has 1 aliphatic heterocycles. The molecule has 6 heteroatoms. The van der Waals surface area contributed by atoms with Crippen LogP contribution in [0.3, 0.4) is 0 Å². The monoisotopic (exact) mass is 333 g/mol. The summed E-state index contributed by atoms with van der Waals surface area (Å²) < 4.78 is 2.95. The molecule has 1 fully saturated rings.